The van der Waals surface area contributed by atoms with Gasteiger partial charge in [0.25, 0.3) is 0 Å². The standard InChI is InChI=1S/C21H26N4O5S/c1-2-30-18-7-5-17(6-8-18)24-21(27)20(26)23-14-16-9-12-25(13-10-16)31(28,29)19-4-3-11-22-15-19/h3-8,11,15-16H,2,9-10,12-14H2,1H3,(H,23,26)(H,24,27). The molecule has 0 unspecified atom stereocenters. The highest BCUT2D eigenvalue weighted by atomic mass is 32.2. The van der Waals surface area contributed by atoms with Gasteiger partial charge in [-0.3, -0.25) is 14.6 Å². The molecular weight excluding hydrogens is 420 g/mol. The summed E-state index contributed by atoms with van der Waals surface area (Å²) in [6.07, 6.45) is 4.06. The van der Waals surface area contributed by atoms with Gasteiger partial charge in [-0.2, -0.15) is 4.31 Å². The number of aromatic nitrogens is 1. The molecule has 0 saturated carbocycles. The fraction of sp³-hybridized carbons (Fsp3) is 0.381. The van der Waals surface area contributed by atoms with Crippen molar-refractivity contribution in [2.45, 2.75) is 24.7 Å². The number of ether oxygens (including phenoxy) is 1. The highest BCUT2D eigenvalue weighted by Crippen LogP contribution is 2.23. The number of pyridine rings is 1. The Morgan fingerprint density at radius 3 is 2.45 bits per heavy atom. The lowest BCUT2D eigenvalue weighted by molar-refractivity contribution is -0.136. The van der Waals surface area contributed by atoms with E-state index in [0.29, 0.717) is 50.5 Å². The zero-order valence-corrected chi connectivity index (χ0v) is 18.1. The van der Waals surface area contributed by atoms with Crippen LogP contribution in [0.3, 0.4) is 0 Å². The fourth-order valence-electron chi connectivity index (χ4n) is 3.31. The van der Waals surface area contributed by atoms with Gasteiger partial charge in [0.15, 0.2) is 0 Å². The summed E-state index contributed by atoms with van der Waals surface area (Å²) < 4.78 is 32.0. The first-order valence-corrected chi connectivity index (χ1v) is 11.6. The summed E-state index contributed by atoms with van der Waals surface area (Å²) in [5.41, 5.74) is 0.498. The van der Waals surface area contributed by atoms with Crippen molar-refractivity contribution in [2.75, 3.05) is 31.6 Å². The van der Waals surface area contributed by atoms with Crippen molar-refractivity contribution in [3.8, 4) is 5.75 Å². The molecule has 1 saturated heterocycles. The van der Waals surface area contributed by atoms with Gasteiger partial charge in [0.2, 0.25) is 10.0 Å². The molecule has 0 bridgehead atoms. The van der Waals surface area contributed by atoms with E-state index in [1.54, 1.807) is 30.3 Å². The number of carbonyl (C=O) groups excluding carboxylic acids is 2. The Labute approximate surface area is 181 Å². The molecule has 1 aliphatic rings. The number of carbonyl (C=O) groups is 2. The number of piperidine rings is 1. The van der Waals surface area contributed by atoms with Crippen LogP contribution >= 0.6 is 0 Å². The van der Waals surface area contributed by atoms with Crippen molar-refractivity contribution in [3.63, 3.8) is 0 Å². The molecule has 2 N–H and O–H groups in total. The maximum absolute atomic E-state index is 12.6. The first-order valence-electron chi connectivity index (χ1n) is 10.1. The van der Waals surface area contributed by atoms with Crippen molar-refractivity contribution in [3.05, 3.63) is 48.8 Å². The van der Waals surface area contributed by atoms with Gasteiger partial charge in [0.1, 0.15) is 10.6 Å². The minimum Gasteiger partial charge on any atom is -0.494 e. The molecule has 2 heterocycles. The maximum Gasteiger partial charge on any atom is 0.313 e. The number of amides is 2. The number of anilines is 1. The molecule has 31 heavy (non-hydrogen) atoms. The van der Waals surface area contributed by atoms with Gasteiger partial charge in [-0.25, -0.2) is 8.42 Å². The van der Waals surface area contributed by atoms with Crippen LogP contribution in [0.4, 0.5) is 5.69 Å². The Morgan fingerprint density at radius 2 is 1.84 bits per heavy atom. The average molecular weight is 447 g/mol. The topological polar surface area (TPSA) is 118 Å². The van der Waals surface area contributed by atoms with Crippen LogP contribution in [-0.4, -0.2) is 55.8 Å². The number of benzene rings is 1. The molecule has 0 radical (unpaired) electrons. The van der Waals surface area contributed by atoms with Gasteiger partial charge in [-0.1, -0.05) is 0 Å². The lowest BCUT2D eigenvalue weighted by Gasteiger charge is -2.31. The number of hydrogen-bond acceptors (Lipinski definition) is 6. The van der Waals surface area contributed by atoms with Crippen molar-refractivity contribution in [2.24, 2.45) is 5.92 Å². The molecule has 1 fully saturated rings. The third-order valence-corrected chi connectivity index (χ3v) is 6.91. The zero-order chi connectivity index (χ0) is 22.3. The van der Waals surface area contributed by atoms with Crippen LogP contribution in [0.2, 0.25) is 0 Å². The van der Waals surface area contributed by atoms with Gasteiger partial charge in [0, 0.05) is 37.7 Å². The molecule has 1 aromatic heterocycles. The Kier molecular flexibility index (Phi) is 7.59. The van der Waals surface area contributed by atoms with E-state index in [1.165, 1.54) is 22.8 Å². The quantitative estimate of drug-likeness (QED) is 0.625. The summed E-state index contributed by atoms with van der Waals surface area (Å²) >= 11 is 0. The number of nitrogens with one attached hydrogen (secondary N) is 2. The molecule has 9 nitrogen and oxygen atoms in total. The van der Waals surface area contributed by atoms with Crippen molar-refractivity contribution in [1.29, 1.82) is 0 Å². The monoisotopic (exact) mass is 446 g/mol. The maximum atomic E-state index is 12.6. The molecule has 3 rings (SSSR count). The first kappa shape index (κ1) is 22.7. The van der Waals surface area contributed by atoms with E-state index in [-0.39, 0.29) is 10.8 Å². The molecule has 0 spiro atoms. The molecule has 1 aliphatic heterocycles. The summed E-state index contributed by atoms with van der Waals surface area (Å²) in [6.45, 7) is 3.45. The van der Waals surface area contributed by atoms with Gasteiger partial charge in [0.05, 0.1) is 6.61 Å². The van der Waals surface area contributed by atoms with Crippen LogP contribution in [0.15, 0.2) is 53.7 Å². The molecule has 2 amide bonds. The van der Waals surface area contributed by atoms with Crippen LogP contribution in [0.5, 0.6) is 5.75 Å². The summed E-state index contributed by atoms with van der Waals surface area (Å²) in [7, 11) is -3.56. The number of nitrogens with zero attached hydrogens (tertiary/aromatic N) is 2. The Hall–Kier alpha value is -2.98. The SMILES string of the molecule is CCOc1ccc(NC(=O)C(=O)NCC2CCN(S(=O)(=O)c3cccnc3)CC2)cc1. The fourth-order valence-corrected chi connectivity index (χ4v) is 4.74. The largest absolute Gasteiger partial charge is 0.494 e. The Morgan fingerprint density at radius 1 is 1.13 bits per heavy atom. The molecule has 2 aromatic rings. The molecule has 0 atom stereocenters. The molecule has 10 heteroatoms. The van der Waals surface area contributed by atoms with Crippen LogP contribution in [0.25, 0.3) is 0 Å². The predicted octanol–water partition coefficient (Wildman–Crippen LogP) is 1.64. The van der Waals surface area contributed by atoms with Gasteiger partial charge in [-0.15, -0.1) is 0 Å². The van der Waals surface area contributed by atoms with Crippen molar-refractivity contribution >= 4 is 27.5 Å². The predicted molar refractivity (Wildman–Crippen MR) is 115 cm³/mol. The van der Waals surface area contributed by atoms with E-state index < -0.39 is 21.8 Å². The Bertz CT molecular complexity index is 988. The molecule has 166 valence electrons. The molecule has 1 aromatic carbocycles. The van der Waals surface area contributed by atoms with Crippen molar-refractivity contribution in [1.82, 2.24) is 14.6 Å². The third kappa shape index (κ3) is 6.02. The van der Waals surface area contributed by atoms with Crippen molar-refractivity contribution < 1.29 is 22.7 Å². The minimum absolute atomic E-state index is 0.0996. The summed E-state index contributed by atoms with van der Waals surface area (Å²) in [5, 5.41) is 5.18. The smallest absolute Gasteiger partial charge is 0.313 e. The second-order valence-corrected chi connectivity index (χ2v) is 9.10. The highest BCUT2D eigenvalue weighted by molar-refractivity contribution is 7.89. The molecular formula is C21H26N4O5S. The first-order chi connectivity index (χ1) is 14.9. The number of sulfonamides is 1. The zero-order valence-electron chi connectivity index (χ0n) is 17.3. The van der Waals surface area contributed by atoms with E-state index in [0.717, 1.165) is 0 Å². The van der Waals surface area contributed by atoms with Crippen LogP contribution in [-0.2, 0) is 19.6 Å². The summed E-state index contributed by atoms with van der Waals surface area (Å²) in [6, 6.07) is 9.86. The molecule has 0 aliphatic carbocycles. The number of hydrogen-bond donors (Lipinski definition) is 2. The second-order valence-electron chi connectivity index (χ2n) is 7.16. The highest BCUT2D eigenvalue weighted by Gasteiger charge is 2.29. The summed E-state index contributed by atoms with van der Waals surface area (Å²) in [5.74, 6) is -0.690. The lowest BCUT2D eigenvalue weighted by Crippen LogP contribution is -2.43. The van der Waals surface area contributed by atoms with E-state index in [9.17, 15) is 18.0 Å². The average Bonchev–Trinajstić information content (AvgIpc) is 2.79. The van der Waals surface area contributed by atoms with Crippen LogP contribution < -0.4 is 15.4 Å². The van der Waals surface area contributed by atoms with E-state index in [2.05, 4.69) is 15.6 Å². The van der Waals surface area contributed by atoms with E-state index >= 15 is 0 Å². The normalized spacial score (nSPS) is 15.3. The van der Waals surface area contributed by atoms with Gasteiger partial charge in [-0.05, 0) is 62.1 Å². The number of rotatable bonds is 7. The second kappa shape index (κ2) is 10.4. The summed E-state index contributed by atoms with van der Waals surface area (Å²) in [4.78, 5) is 28.2. The van der Waals surface area contributed by atoms with Crippen LogP contribution in [0.1, 0.15) is 19.8 Å². The van der Waals surface area contributed by atoms with Crippen LogP contribution in [0, 0.1) is 5.92 Å². The van der Waals surface area contributed by atoms with Gasteiger partial charge >= 0.3 is 11.8 Å². The minimum atomic E-state index is -3.56. The third-order valence-electron chi connectivity index (χ3n) is 5.03. The van der Waals surface area contributed by atoms with Gasteiger partial charge < -0.3 is 15.4 Å². The van der Waals surface area contributed by atoms with E-state index in [1.807, 2.05) is 6.92 Å². The Balaban J connectivity index is 1.43. The van der Waals surface area contributed by atoms with E-state index in [4.69, 9.17) is 4.74 Å². The lowest BCUT2D eigenvalue weighted by atomic mass is 9.98.